The van der Waals surface area contributed by atoms with Crippen LogP contribution in [0.5, 0.6) is 11.6 Å². The summed E-state index contributed by atoms with van der Waals surface area (Å²) in [5, 5.41) is 12.2. The molecule has 2 heterocycles. The molecule has 0 spiro atoms. The number of anilines is 2. The molecular weight excluding hydrogens is 325 g/mol. The van der Waals surface area contributed by atoms with Crippen LogP contribution < -0.4 is 15.4 Å². The third-order valence-electron chi connectivity index (χ3n) is 3.38. The van der Waals surface area contributed by atoms with E-state index >= 15 is 0 Å². The second-order valence-corrected chi connectivity index (χ2v) is 5.33. The minimum absolute atomic E-state index is 0.290. The van der Waals surface area contributed by atoms with Gasteiger partial charge in [-0.25, -0.2) is 14.2 Å². The minimum Gasteiger partial charge on any atom is -0.439 e. The molecule has 0 aliphatic heterocycles. The molecule has 0 radical (unpaired) electrons. The van der Waals surface area contributed by atoms with E-state index in [2.05, 4.69) is 25.8 Å². The number of hydrogen-bond acceptors (Lipinski definition) is 4. The fourth-order valence-corrected chi connectivity index (χ4v) is 2.18. The number of aromatic nitrogens is 3. The van der Waals surface area contributed by atoms with Crippen molar-refractivity contribution in [3.8, 4) is 11.6 Å². The van der Waals surface area contributed by atoms with Crippen molar-refractivity contribution in [2.24, 2.45) is 0 Å². The molecule has 0 unspecified atom stereocenters. The number of urea groups is 1. The van der Waals surface area contributed by atoms with Gasteiger partial charge in [-0.15, -0.1) is 0 Å². The van der Waals surface area contributed by atoms with Crippen LogP contribution in [0.25, 0.3) is 0 Å². The van der Waals surface area contributed by atoms with Crippen LogP contribution in [-0.2, 0) is 0 Å². The highest BCUT2D eigenvalue weighted by Crippen LogP contribution is 2.21. The monoisotopic (exact) mass is 341 g/mol. The molecule has 0 aliphatic rings. The van der Waals surface area contributed by atoms with E-state index in [-0.39, 0.29) is 5.88 Å². The number of nitrogens with one attached hydrogen (secondary N) is 3. The van der Waals surface area contributed by atoms with Crippen LogP contribution in [0.15, 0.2) is 42.6 Å². The van der Waals surface area contributed by atoms with Crippen LogP contribution in [0.1, 0.15) is 11.4 Å². The number of rotatable bonds is 4. The average molecular weight is 341 g/mol. The first-order valence-corrected chi connectivity index (χ1v) is 7.50. The highest BCUT2D eigenvalue weighted by atomic mass is 19.1. The van der Waals surface area contributed by atoms with Crippen molar-refractivity contribution >= 4 is 17.4 Å². The van der Waals surface area contributed by atoms with Gasteiger partial charge in [0.25, 0.3) is 0 Å². The number of halogens is 1. The molecule has 7 nitrogen and oxygen atoms in total. The summed E-state index contributed by atoms with van der Waals surface area (Å²) in [5.41, 5.74) is 2.59. The highest BCUT2D eigenvalue weighted by Gasteiger charge is 2.10. The number of carbonyl (C=O) groups is 1. The van der Waals surface area contributed by atoms with Crippen molar-refractivity contribution in [3.05, 3.63) is 59.8 Å². The van der Waals surface area contributed by atoms with Gasteiger partial charge in [0.2, 0.25) is 5.88 Å². The zero-order valence-corrected chi connectivity index (χ0v) is 13.6. The molecule has 2 amide bonds. The van der Waals surface area contributed by atoms with Crippen molar-refractivity contribution in [1.82, 2.24) is 15.2 Å². The van der Waals surface area contributed by atoms with Crippen LogP contribution >= 0.6 is 0 Å². The summed E-state index contributed by atoms with van der Waals surface area (Å²) < 4.78 is 18.6. The largest absolute Gasteiger partial charge is 0.439 e. The van der Waals surface area contributed by atoms with E-state index in [0.29, 0.717) is 22.8 Å². The highest BCUT2D eigenvalue weighted by molar-refractivity contribution is 6.00. The second-order valence-electron chi connectivity index (χ2n) is 5.33. The summed E-state index contributed by atoms with van der Waals surface area (Å²) in [4.78, 5) is 16.1. The van der Waals surface area contributed by atoms with Gasteiger partial charge in [-0.3, -0.25) is 5.10 Å². The van der Waals surface area contributed by atoms with Gasteiger partial charge in [-0.2, -0.15) is 5.10 Å². The topological polar surface area (TPSA) is 91.9 Å². The van der Waals surface area contributed by atoms with Crippen LogP contribution in [0.4, 0.5) is 20.6 Å². The second kappa shape index (κ2) is 7.00. The molecule has 0 bridgehead atoms. The lowest BCUT2D eigenvalue weighted by atomic mass is 10.3. The maximum atomic E-state index is 13.1. The molecule has 0 saturated heterocycles. The maximum absolute atomic E-state index is 13.1. The van der Waals surface area contributed by atoms with Crippen molar-refractivity contribution < 1.29 is 13.9 Å². The Morgan fingerprint density at radius 2 is 2.04 bits per heavy atom. The van der Waals surface area contributed by atoms with E-state index in [1.165, 1.54) is 18.3 Å². The third-order valence-corrected chi connectivity index (χ3v) is 3.38. The number of aromatic amines is 1. The SMILES string of the molecule is Cc1n[nH]c(C)c1NC(=O)Nc1ccc(Oc2cccc(F)c2)nc1. The minimum atomic E-state index is -0.409. The molecule has 0 aliphatic carbocycles. The lowest BCUT2D eigenvalue weighted by Crippen LogP contribution is -2.20. The standard InChI is InChI=1S/C17H16FN5O2/c1-10-16(11(2)23-22-10)21-17(24)20-13-6-7-15(19-9-13)25-14-5-3-4-12(18)8-14/h3-9H,1-2H3,(H,22,23)(H2,20,21,24). The predicted molar refractivity (Wildman–Crippen MR) is 91.4 cm³/mol. The molecule has 0 fully saturated rings. The Morgan fingerprint density at radius 3 is 2.68 bits per heavy atom. The number of carbonyl (C=O) groups excluding carboxylic acids is 1. The Balaban J connectivity index is 1.61. The number of H-pyrrole nitrogens is 1. The van der Waals surface area contributed by atoms with E-state index in [1.807, 2.05) is 6.92 Å². The summed E-state index contributed by atoms with van der Waals surface area (Å²) in [6.07, 6.45) is 1.45. The molecule has 3 aromatic rings. The molecule has 25 heavy (non-hydrogen) atoms. The first kappa shape index (κ1) is 16.4. The number of hydrogen-bond donors (Lipinski definition) is 3. The lowest BCUT2D eigenvalue weighted by Gasteiger charge is -2.09. The quantitative estimate of drug-likeness (QED) is 0.669. The van der Waals surface area contributed by atoms with Crippen molar-refractivity contribution in [3.63, 3.8) is 0 Å². The van der Waals surface area contributed by atoms with Gasteiger partial charge in [-0.1, -0.05) is 6.07 Å². The molecule has 3 N–H and O–H groups in total. The third kappa shape index (κ3) is 4.11. The summed E-state index contributed by atoms with van der Waals surface area (Å²) in [5.74, 6) is 0.243. The van der Waals surface area contributed by atoms with Gasteiger partial charge in [-0.05, 0) is 32.0 Å². The molecule has 128 valence electrons. The van der Waals surface area contributed by atoms with Crippen molar-refractivity contribution in [2.45, 2.75) is 13.8 Å². The van der Waals surface area contributed by atoms with Crippen molar-refractivity contribution in [2.75, 3.05) is 10.6 Å². The fourth-order valence-electron chi connectivity index (χ4n) is 2.18. The predicted octanol–water partition coefficient (Wildman–Crippen LogP) is 4.00. The Bertz CT molecular complexity index is 873. The van der Waals surface area contributed by atoms with Gasteiger partial charge >= 0.3 is 6.03 Å². The number of amides is 2. The number of benzene rings is 1. The fraction of sp³-hybridized carbons (Fsp3) is 0.118. The molecule has 2 aromatic heterocycles. The van der Waals surface area contributed by atoms with Crippen LogP contribution in [-0.4, -0.2) is 21.2 Å². The van der Waals surface area contributed by atoms with Crippen molar-refractivity contribution in [1.29, 1.82) is 0 Å². The summed E-state index contributed by atoms with van der Waals surface area (Å²) in [7, 11) is 0. The number of pyridine rings is 1. The number of ether oxygens (including phenoxy) is 1. The van der Waals surface area contributed by atoms with Crippen LogP contribution in [0.3, 0.4) is 0 Å². The first-order valence-electron chi connectivity index (χ1n) is 7.50. The van der Waals surface area contributed by atoms with Gasteiger partial charge in [0.1, 0.15) is 11.6 Å². The summed E-state index contributed by atoms with van der Waals surface area (Å²) in [6.45, 7) is 3.61. The molecule has 8 heteroatoms. The van der Waals surface area contributed by atoms with Gasteiger partial charge in [0.05, 0.1) is 29.0 Å². The van der Waals surface area contributed by atoms with Gasteiger partial charge < -0.3 is 15.4 Å². The normalized spacial score (nSPS) is 10.4. The zero-order chi connectivity index (χ0) is 17.8. The van der Waals surface area contributed by atoms with E-state index in [4.69, 9.17) is 4.74 Å². The molecule has 3 rings (SSSR count). The molecule has 1 aromatic carbocycles. The van der Waals surface area contributed by atoms with E-state index in [9.17, 15) is 9.18 Å². The van der Waals surface area contributed by atoms with E-state index < -0.39 is 11.8 Å². The van der Waals surface area contributed by atoms with Gasteiger partial charge in [0.15, 0.2) is 0 Å². The van der Waals surface area contributed by atoms with Gasteiger partial charge in [0, 0.05) is 12.1 Å². The Hall–Kier alpha value is -3.42. The average Bonchev–Trinajstić information content (AvgIpc) is 2.89. The zero-order valence-electron chi connectivity index (χ0n) is 13.6. The summed E-state index contributed by atoms with van der Waals surface area (Å²) in [6, 6.07) is 8.57. The Labute approximate surface area is 143 Å². The Morgan fingerprint density at radius 1 is 1.20 bits per heavy atom. The molecular formula is C17H16FN5O2. The molecule has 0 atom stereocenters. The first-order chi connectivity index (χ1) is 12.0. The molecule has 0 saturated carbocycles. The van der Waals surface area contributed by atoms with Crippen LogP contribution in [0, 0.1) is 19.7 Å². The lowest BCUT2D eigenvalue weighted by molar-refractivity contribution is 0.262. The number of aryl methyl sites for hydroxylation is 2. The Kier molecular flexibility index (Phi) is 4.60. The van der Waals surface area contributed by atoms with E-state index in [1.54, 1.807) is 31.2 Å². The smallest absolute Gasteiger partial charge is 0.323 e. The summed E-state index contributed by atoms with van der Waals surface area (Å²) >= 11 is 0. The van der Waals surface area contributed by atoms with Crippen LogP contribution in [0.2, 0.25) is 0 Å². The maximum Gasteiger partial charge on any atom is 0.323 e. The number of nitrogens with zero attached hydrogens (tertiary/aromatic N) is 2. The van der Waals surface area contributed by atoms with E-state index in [0.717, 1.165) is 5.69 Å².